The Bertz CT molecular complexity index is 495. The number of rotatable bonds is 2. The third-order valence-electron chi connectivity index (χ3n) is 2.73. The molecular weight excluding hydrogens is 226 g/mol. The molecule has 0 unspecified atom stereocenters. The van der Waals surface area contributed by atoms with Gasteiger partial charge >= 0.3 is 0 Å². The van der Waals surface area contributed by atoms with Crippen molar-refractivity contribution in [2.75, 3.05) is 13.7 Å². The lowest BCUT2D eigenvalue weighted by Gasteiger charge is -2.21. The summed E-state index contributed by atoms with van der Waals surface area (Å²) < 4.78 is 0. The van der Waals surface area contributed by atoms with Crippen molar-refractivity contribution in [2.45, 2.75) is 26.8 Å². The molecule has 1 aromatic carbocycles. The minimum atomic E-state index is -0.177. The molecule has 0 bridgehead atoms. The van der Waals surface area contributed by atoms with Gasteiger partial charge < -0.3 is 10.0 Å². The second-order valence-corrected chi connectivity index (χ2v) is 4.56. The maximum atomic E-state index is 12.2. The maximum Gasteiger partial charge on any atom is 0.253 e. The maximum absolute atomic E-state index is 12.2. The number of benzene rings is 1. The molecule has 0 aliphatic rings. The number of hydrogen-bond donors (Lipinski definition) is 1. The average molecular weight is 245 g/mol. The van der Waals surface area contributed by atoms with Gasteiger partial charge in [-0.3, -0.25) is 4.79 Å². The van der Waals surface area contributed by atoms with E-state index in [0.717, 1.165) is 11.1 Å². The molecule has 0 radical (unpaired) electrons. The monoisotopic (exact) mass is 245 g/mol. The molecule has 96 valence electrons. The van der Waals surface area contributed by atoms with Gasteiger partial charge in [-0.15, -0.1) is 0 Å². The Balaban J connectivity index is 3.10. The average Bonchev–Trinajstić information content (AvgIpc) is 2.33. The van der Waals surface area contributed by atoms with Crippen molar-refractivity contribution in [3.63, 3.8) is 0 Å². The number of aryl methyl sites for hydroxylation is 1. The summed E-state index contributed by atoms with van der Waals surface area (Å²) in [5, 5.41) is 8.69. The van der Waals surface area contributed by atoms with E-state index in [9.17, 15) is 4.79 Å². The van der Waals surface area contributed by atoms with E-state index >= 15 is 0 Å². The normalized spacial score (nSPS) is 9.89. The Morgan fingerprint density at radius 2 is 2.06 bits per heavy atom. The molecule has 0 fully saturated rings. The van der Waals surface area contributed by atoms with E-state index in [-0.39, 0.29) is 18.6 Å². The summed E-state index contributed by atoms with van der Waals surface area (Å²) in [7, 11) is 1.79. The van der Waals surface area contributed by atoms with Crippen LogP contribution >= 0.6 is 0 Å². The zero-order chi connectivity index (χ0) is 13.7. The van der Waals surface area contributed by atoms with Crippen molar-refractivity contribution in [1.29, 1.82) is 0 Å². The van der Waals surface area contributed by atoms with Crippen LogP contribution in [0.15, 0.2) is 18.2 Å². The van der Waals surface area contributed by atoms with Crippen molar-refractivity contribution in [1.82, 2.24) is 4.90 Å². The molecule has 1 aromatic rings. The van der Waals surface area contributed by atoms with Gasteiger partial charge in [-0.2, -0.15) is 0 Å². The van der Waals surface area contributed by atoms with Crippen LogP contribution in [-0.2, 0) is 0 Å². The quantitative estimate of drug-likeness (QED) is 0.807. The molecule has 0 aromatic heterocycles. The van der Waals surface area contributed by atoms with Crippen molar-refractivity contribution < 1.29 is 9.90 Å². The van der Waals surface area contributed by atoms with Crippen LogP contribution in [0.3, 0.4) is 0 Å². The Kier molecular flexibility index (Phi) is 4.94. The van der Waals surface area contributed by atoms with E-state index in [4.69, 9.17) is 5.11 Å². The van der Waals surface area contributed by atoms with Gasteiger partial charge in [0, 0.05) is 24.2 Å². The molecule has 0 aliphatic carbocycles. The highest BCUT2D eigenvalue weighted by atomic mass is 16.2. The Labute approximate surface area is 108 Å². The number of aliphatic hydroxyl groups excluding tert-OH is 1. The molecule has 0 saturated carbocycles. The molecule has 1 N–H and O–H groups in total. The lowest BCUT2D eigenvalue weighted by molar-refractivity contribution is 0.0755. The molecule has 1 rings (SSSR count). The minimum absolute atomic E-state index is 0.0132. The van der Waals surface area contributed by atoms with E-state index in [0.29, 0.717) is 5.56 Å². The molecule has 3 nitrogen and oxygen atoms in total. The number of carbonyl (C=O) groups is 1. The van der Waals surface area contributed by atoms with Crippen LogP contribution in [0, 0.1) is 18.8 Å². The largest absolute Gasteiger partial charge is 0.384 e. The third-order valence-corrected chi connectivity index (χ3v) is 2.73. The lowest BCUT2D eigenvalue weighted by atomic mass is 10.1. The summed E-state index contributed by atoms with van der Waals surface area (Å²) in [5.74, 6) is 5.41. The Morgan fingerprint density at radius 1 is 1.39 bits per heavy atom. The van der Waals surface area contributed by atoms with E-state index in [1.165, 1.54) is 0 Å². The van der Waals surface area contributed by atoms with Gasteiger partial charge in [-0.05, 0) is 44.5 Å². The predicted octanol–water partition coefficient (Wildman–Crippen LogP) is 1.82. The van der Waals surface area contributed by atoms with Gasteiger partial charge in [0.1, 0.15) is 6.61 Å². The zero-order valence-electron chi connectivity index (χ0n) is 11.3. The first-order valence-electron chi connectivity index (χ1n) is 5.94. The van der Waals surface area contributed by atoms with Gasteiger partial charge in [-0.25, -0.2) is 0 Å². The van der Waals surface area contributed by atoms with Crippen LogP contribution in [0.25, 0.3) is 0 Å². The van der Waals surface area contributed by atoms with Gasteiger partial charge in [-0.1, -0.05) is 11.8 Å². The molecule has 0 aliphatic heterocycles. The van der Waals surface area contributed by atoms with Gasteiger partial charge in [0.05, 0.1) is 0 Å². The van der Waals surface area contributed by atoms with Crippen molar-refractivity contribution in [2.24, 2.45) is 0 Å². The summed E-state index contributed by atoms with van der Waals surface area (Å²) in [6, 6.07) is 5.67. The van der Waals surface area contributed by atoms with E-state index < -0.39 is 0 Å². The predicted molar refractivity (Wildman–Crippen MR) is 72.4 cm³/mol. The second-order valence-electron chi connectivity index (χ2n) is 4.56. The van der Waals surface area contributed by atoms with Crippen LogP contribution in [0.2, 0.25) is 0 Å². The summed E-state index contributed by atoms with van der Waals surface area (Å²) in [4.78, 5) is 13.9. The molecule has 0 spiro atoms. The van der Waals surface area contributed by atoms with Crippen LogP contribution in [-0.4, -0.2) is 35.6 Å². The molecular formula is C15H19NO2. The summed E-state index contributed by atoms with van der Waals surface area (Å²) in [5.41, 5.74) is 2.37. The van der Waals surface area contributed by atoms with E-state index in [2.05, 4.69) is 11.8 Å². The lowest BCUT2D eigenvalue weighted by Crippen LogP contribution is -2.33. The number of aliphatic hydroxyl groups is 1. The third kappa shape index (κ3) is 3.61. The molecule has 0 heterocycles. The number of hydrogen-bond acceptors (Lipinski definition) is 2. The summed E-state index contributed by atoms with van der Waals surface area (Å²) >= 11 is 0. The summed E-state index contributed by atoms with van der Waals surface area (Å²) in [6.45, 7) is 5.69. The van der Waals surface area contributed by atoms with Crippen molar-refractivity contribution in [3.8, 4) is 11.8 Å². The highest BCUT2D eigenvalue weighted by Gasteiger charge is 2.14. The number of amides is 1. The topological polar surface area (TPSA) is 40.5 Å². The number of carbonyl (C=O) groups excluding carboxylic acids is 1. The van der Waals surface area contributed by atoms with Gasteiger partial charge in [0.25, 0.3) is 5.91 Å². The van der Waals surface area contributed by atoms with Crippen molar-refractivity contribution >= 4 is 5.91 Å². The first-order valence-corrected chi connectivity index (χ1v) is 5.94. The van der Waals surface area contributed by atoms with E-state index in [1.54, 1.807) is 18.0 Å². The van der Waals surface area contributed by atoms with Crippen LogP contribution in [0.1, 0.15) is 35.3 Å². The highest BCUT2D eigenvalue weighted by molar-refractivity contribution is 5.94. The first-order chi connectivity index (χ1) is 8.45. The molecule has 0 atom stereocenters. The Hall–Kier alpha value is -1.79. The van der Waals surface area contributed by atoms with Crippen LogP contribution in [0.5, 0.6) is 0 Å². The molecule has 1 amide bonds. The van der Waals surface area contributed by atoms with Crippen LogP contribution in [0.4, 0.5) is 0 Å². The standard InChI is InChI=1S/C15H19NO2/c1-11(2)16(4)15(18)14-9-12(3)8-13(10-14)6-5-7-17/h8-11,17H,7H2,1-4H3. The fourth-order valence-corrected chi connectivity index (χ4v) is 1.56. The molecule has 18 heavy (non-hydrogen) atoms. The first kappa shape index (κ1) is 14.3. The fraction of sp³-hybridized carbons (Fsp3) is 0.400. The van der Waals surface area contributed by atoms with Gasteiger partial charge in [0.2, 0.25) is 0 Å². The Morgan fingerprint density at radius 3 is 2.61 bits per heavy atom. The molecule has 0 saturated heterocycles. The number of nitrogens with zero attached hydrogens (tertiary/aromatic N) is 1. The smallest absolute Gasteiger partial charge is 0.253 e. The van der Waals surface area contributed by atoms with Crippen LogP contribution < -0.4 is 0 Å². The minimum Gasteiger partial charge on any atom is -0.384 e. The highest BCUT2D eigenvalue weighted by Crippen LogP contribution is 2.12. The SMILES string of the molecule is Cc1cc(C#CCO)cc(C(=O)N(C)C(C)C)c1. The van der Waals surface area contributed by atoms with Crippen molar-refractivity contribution in [3.05, 3.63) is 34.9 Å². The fourth-order valence-electron chi connectivity index (χ4n) is 1.56. The van der Waals surface area contributed by atoms with E-state index in [1.807, 2.05) is 32.9 Å². The molecule has 3 heteroatoms. The summed E-state index contributed by atoms with van der Waals surface area (Å²) in [6.07, 6.45) is 0. The zero-order valence-corrected chi connectivity index (χ0v) is 11.3. The second kappa shape index (κ2) is 6.23. The van der Waals surface area contributed by atoms with Gasteiger partial charge in [0.15, 0.2) is 0 Å².